The van der Waals surface area contributed by atoms with Crippen molar-refractivity contribution in [2.45, 2.75) is 64.0 Å². The second-order valence-corrected chi connectivity index (χ2v) is 5.47. The molecular weight excluding hydrogens is 236 g/mol. The van der Waals surface area contributed by atoms with E-state index >= 15 is 0 Å². The van der Waals surface area contributed by atoms with E-state index in [1.54, 1.807) is 0 Å². The molecule has 1 aliphatic rings. The first-order valence-electron chi connectivity index (χ1n) is 7.58. The summed E-state index contributed by atoms with van der Waals surface area (Å²) in [5.74, 6) is 0.241. The number of pyridine rings is 1. The molecule has 0 bridgehead atoms. The summed E-state index contributed by atoms with van der Waals surface area (Å²) in [5.41, 5.74) is 0. The van der Waals surface area contributed by atoms with E-state index in [0.29, 0.717) is 12.5 Å². The van der Waals surface area contributed by atoms with Crippen molar-refractivity contribution >= 4 is 5.91 Å². The van der Waals surface area contributed by atoms with E-state index in [1.807, 2.05) is 18.2 Å². The fraction of sp³-hybridized carbons (Fsp3) is 0.625. The highest BCUT2D eigenvalue weighted by molar-refractivity contribution is 5.76. The van der Waals surface area contributed by atoms with Crippen molar-refractivity contribution in [3.63, 3.8) is 0 Å². The molecule has 2 rings (SSSR count). The van der Waals surface area contributed by atoms with Gasteiger partial charge in [-0.1, -0.05) is 25.3 Å². The second-order valence-electron chi connectivity index (χ2n) is 5.47. The second kappa shape index (κ2) is 7.93. The molecule has 1 aliphatic carbocycles. The van der Waals surface area contributed by atoms with Gasteiger partial charge in [-0.25, -0.2) is 4.57 Å². The van der Waals surface area contributed by atoms with E-state index in [0.717, 1.165) is 19.4 Å². The summed E-state index contributed by atoms with van der Waals surface area (Å²) in [5, 5.41) is 3.17. The topological polar surface area (TPSA) is 33.0 Å². The first-order valence-corrected chi connectivity index (χ1v) is 7.58. The van der Waals surface area contributed by atoms with Crippen molar-refractivity contribution in [2.24, 2.45) is 0 Å². The van der Waals surface area contributed by atoms with Gasteiger partial charge in [-0.15, -0.1) is 0 Å². The fourth-order valence-electron chi connectivity index (χ4n) is 2.71. The zero-order valence-electron chi connectivity index (χ0n) is 11.7. The Morgan fingerprint density at radius 1 is 1.05 bits per heavy atom. The number of aryl methyl sites for hydroxylation is 1. The molecule has 0 unspecified atom stereocenters. The van der Waals surface area contributed by atoms with Crippen LogP contribution in [0, 0.1) is 0 Å². The Hall–Kier alpha value is -1.38. The van der Waals surface area contributed by atoms with Crippen LogP contribution in [0.25, 0.3) is 0 Å². The van der Waals surface area contributed by atoms with Crippen LogP contribution in [0.2, 0.25) is 0 Å². The zero-order chi connectivity index (χ0) is 13.3. The summed E-state index contributed by atoms with van der Waals surface area (Å²) in [4.78, 5) is 11.8. The van der Waals surface area contributed by atoms with E-state index in [-0.39, 0.29) is 5.91 Å². The van der Waals surface area contributed by atoms with Crippen molar-refractivity contribution < 1.29 is 9.36 Å². The Morgan fingerprint density at radius 3 is 2.53 bits per heavy atom. The molecule has 3 nitrogen and oxygen atoms in total. The quantitative estimate of drug-likeness (QED) is 0.619. The highest BCUT2D eigenvalue weighted by atomic mass is 16.1. The van der Waals surface area contributed by atoms with Crippen LogP contribution in [0.1, 0.15) is 51.4 Å². The highest BCUT2D eigenvalue weighted by Crippen LogP contribution is 2.17. The molecule has 0 atom stereocenters. The van der Waals surface area contributed by atoms with Gasteiger partial charge in [0, 0.05) is 31.0 Å². The molecule has 1 aromatic heterocycles. The molecule has 1 fully saturated rings. The zero-order valence-corrected chi connectivity index (χ0v) is 11.7. The van der Waals surface area contributed by atoms with Crippen molar-refractivity contribution in [3.05, 3.63) is 30.6 Å². The molecule has 1 amide bonds. The minimum Gasteiger partial charge on any atom is -0.353 e. The average Bonchev–Trinajstić information content (AvgIpc) is 2.46. The van der Waals surface area contributed by atoms with Gasteiger partial charge in [-0.2, -0.15) is 0 Å². The molecule has 19 heavy (non-hydrogen) atoms. The number of nitrogens with one attached hydrogen (secondary N) is 1. The smallest absolute Gasteiger partial charge is 0.220 e. The van der Waals surface area contributed by atoms with Crippen LogP contribution in [0.15, 0.2) is 30.6 Å². The highest BCUT2D eigenvalue weighted by Gasteiger charge is 2.15. The number of unbranched alkanes of at least 4 members (excludes halogenated alkanes) is 1. The van der Waals surface area contributed by atoms with Gasteiger partial charge in [0.25, 0.3) is 0 Å². The predicted octanol–water partition coefficient (Wildman–Crippen LogP) is 2.59. The lowest BCUT2D eigenvalue weighted by atomic mass is 9.95. The third-order valence-electron chi connectivity index (χ3n) is 3.82. The molecule has 1 N–H and O–H groups in total. The molecule has 0 spiro atoms. The monoisotopic (exact) mass is 261 g/mol. The third-order valence-corrected chi connectivity index (χ3v) is 3.82. The van der Waals surface area contributed by atoms with Gasteiger partial charge < -0.3 is 5.32 Å². The molecule has 0 radical (unpaired) electrons. The number of amides is 1. The van der Waals surface area contributed by atoms with E-state index in [1.165, 1.54) is 32.1 Å². The predicted molar refractivity (Wildman–Crippen MR) is 75.5 cm³/mol. The van der Waals surface area contributed by atoms with E-state index in [9.17, 15) is 4.79 Å². The van der Waals surface area contributed by atoms with Crippen molar-refractivity contribution in [2.75, 3.05) is 0 Å². The van der Waals surface area contributed by atoms with Crippen LogP contribution in [0.4, 0.5) is 0 Å². The van der Waals surface area contributed by atoms with E-state index in [4.69, 9.17) is 0 Å². The lowest BCUT2D eigenvalue weighted by Gasteiger charge is -2.22. The number of hydrogen-bond acceptors (Lipinski definition) is 1. The number of carbonyl (C=O) groups excluding carboxylic acids is 1. The van der Waals surface area contributed by atoms with E-state index < -0.39 is 0 Å². The van der Waals surface area contributed by atoms with E-state index in [2.05, 4.69) is 22.3 Å². The van der Waals surface area contributed by atoms with Crippen LogP contribution in [-0.4, -0.2) is 11.9 Å². The minimum absolute atomic E-state index is 0.241. The molecule has 1 heterocycles. The molecular formula is C16H25N2O+. The van der Waals surface area contributed by atoms with Gasteiger partial charge in [0.1, 0.15) is 6.54 Å². The maximum absolute atomic E-state index is 11.8. The van der Waals surface area contributed by atoms with Crippen molar-refractivity contribution in [3.8, 4) is 0 Å². The summed E-state index contributed by atoms with van der Waals surface area (Å²) in [6.07, 6.45) is 13.1. The number of carbonyl (C=O) groups is 1. The van der Waals surface area contributed by atoms with Gasteiger partial charge in [0.05, 0.1) is 0 Å². The van der Waals surface area contributed by atoms with Gasteiger partial charge in [0.15, 0.2) is 12.4 Å². The summed E-state index contributed by atoms with van der Waals surface area (Å²) >= 11 is 0. The number of aromatic nitrogens is 1. The first-order chi connectivity index (χ1) is 9.34. The molecule has 3 heteroatoms. The lowest BCUT2D eigenvalue weighted by Crippen LogP contribution is -2.36. The summed E-state index contributed by atoms with van der Waals surface area (Å²) < 4.78 is 2.17. The Balaban J connectivity index is 1.56. The SMILES string of the molecule is O=C(CCCC[n+]1ccccc1)NC1CCCCC1. The van der Waals surface area contributed by atoms with Gasteiger partial charge in [-0.05, 0) is 19.3 Å². The molecule has 1 saturated carbocycles. The number of nitrogens with zero attached hydrogens (tertiary/aromatic N) is 1. The lowest BCUT2D eigenvalue weighted by molar-refractivity contribution is -0.697. The van der Waals surface area contributed by atoms with Gasteiger partial charge in [-0.3, -0.25) is 4.79 Å². The van der Waals surface area contributed by atoms with Crippen LogP contribution >= 0.6 is 0 Å². The molecule has 1 aromatic rings. The Labute approximate surface area is 116 Å². The molecule has 0 aliphatic heterocycles. The minimum atomic E-state index is 0.241. The Kier molecular flexibility index (Phi) is 5.86. The Bertz CT molecular complexity index is 372. The summed E-state index contributed by atoms with van der Waals surface area (Å²) in [6.45, 7) is 0.998. The Morgan fingerprint density at radius 2 is 1.79 bits per heavy atom. The summed E-state index contributed by atoms with van der Waals surface area (Å²) in [6, 6.07) is 6.55. The number of hydrogen-bond donors (Lipinski definition) is 1. The molecule has 0 saturated heterocycles. The standard InChI is InChI=1S/C16H24N2O/c19-16(17-15-9-3-1-4-10-15)11-5-8-14-18-12-6-2-7-13-18/h2,6-7,12-13,15H,1,3-5,8-11,14H2/p+1. The van der Waals surface area contributed by atoms with Crippen molar-refractivity contribution in [1.82, 2.24) is 5.32 Å². The largest absolute Gasteiger partial charge is 0.353 e. The third kappa shape index (κ3) is 5.41. The maximum atomic E-state index is 11.8. The van der Waals surface area contributed by atoms with Crippen LogP contribution in [0.5, 0.6) is 0 Å². The first kappa shape index (κ1) is 14.0. The van der Waals surface area contributed by atoms with Crippen LogP contribution in [0.3, 0.4) is 0 Å². The molecule has 104 valence electrons. The van der Waals surface area contributed by atoms with Gasteiger partial charge in [0.2, 0.25) is 5.91 Å². The van der Waals surface area contributed by atoms with Crippen molar-refractivity contribution in [1.29, 1.82) is 0 Å². The van der Waals surface area contributed by atoms with Gasteiger partial charge >= 0.3 is 0 Å². The average molecular weight is 261 g/mol. The summed E-state index contributed by atoms with van der Waals surface area (Å²) in [7, 11) is 0. The fourth-order valence-corrected chi connectivity index (χ4v) is 2.71. The van der Waals surface area contributed by atoms with Crippen LogP contribution in [-0.2, 0) is 11.3 Å². The normalized spacial score (nSPS) is 16.2. The van der Waals surface area contributed by atoms with Crippen LogP contribution < -0.4 is 9.88 Å². The number of rotatable bonds is 6. The maximum Gasteiger partial charge on any atom is 0.220 e. The molecule has 0 aromatic carbocycles.